The average molecular weight is 246 g/mol. The van der Waals surface area contributed by atoms with Crippen LogP contribution in [0.4, 0.5) is 0 Å². The zero-order valence-corrected chi connectivity index (χ0v) is 10.3. The Labute approximate surface area is 104 Å². The molecule has 0 aromatic heterocycles. The normalized spacial score (nSPS) is 23.4. The molecule has 4 nitrogen and oxygen atoms in total. The monoisotopic (exact) mass is 246 g/mol. The summed E-state index contributed by atoms with van der Waals surface area (Å²) in [5.74, 6) is -1.52. The summed E-state index contributed by atoms with van der Waals surface area (Å²) in [5.41, 5.74) is 3.76. The number of carbonyl (C=O) groups is 2. The van der Waals surface area contributed by atoms with Gasteiger partial charge in [-0.15, -0.1) is 0 Å². The van der Waals surface area contributed by atoms with Gasteiger partial charge in [0.15, 0.2) is 0 Å². The SMILES string of the molecule is CC1Cc2c(C(=O)O)c3c(c(C(=O)O)c21)CC3C. The lowest BCUT2D eigenvalue weighted by Crippen LogP contribution is -2.32. The highest BCUT2D eigenvalue weighted by Crippen LogP contribution is 2.50. The molecule has 2 aliphatic rings. The Hall–Kier alpha value is -1.84. The van der Waals surface area contributed by atoms with Gasteiger partial charge < -0.3 is 10.2 Å². The molecular weight excluding hydrogens is 232 g/mol. The molecule has 0 spiro atoms. The molecule has 2 unspecified atom stereocenters. The van der Waals surface area contributed by atoms with Gasteiger partial charge in [0.2, 0.25) is 0 Å². The van der Waals surface area contributed by atoms with Crippen molar-refractivity contribution >= 4 is 11.9 Å². The first-order valence-corrected chi connectivity index (χ1v) is 6.11. The van der Waals surface area contributed by atoms with Crippen LogP contribution >= 0.6 is 0 Å². The van der Waals surface area contributed by atoms with E-state index in [9.17, 15) is 19.8 Å². The van der Waals surface area contributed by atoms with E-state index in [1.807, 2.05) is 13.8 Å². The van der Waals surface area contributed by atoms with E-state index in [0.717, 1.165) is 22.3 Å². The lowest BCUT2D eigenvalue weighted by Gasteiger charge is -2.39. The fourth-order valence-corrected chi connectivity index (χ4v) is 3.45. The van der Waals surface area contributed by atoms with Crippen molar-refractivity contribution in [2.45, 2.75) is 38.5 Å². The lowest BCUT2D eigenvalue weighted by atomic mass is 9.63. The number of benzene rings is 1. The van der Waals surface area contributed by atoms with Crippen molar-refractivity contribution in [2.75, 3.05) is 0 Å². The van der Waals surface area contributed by atoms with Gasteiger partial charge in [-0.1, -0.05) is 13.8 Å². The molecule has 2 aliphatic carbocycles. The fourth-order valence-electron chi connectivity index (χ4n) is 3.45. The topological polar surface area (TPSA) is 74.6 Å². The first kappa shape index (κ1) is 11.3. The van der Waals surface area contributed by atoms with Gasteiger partial charge >= 0.3 is 11.9 Å². The molecule has 18 heavy (non-hydrogen) atoms. The minimum absolute atomic E-state index is 0.158. The molecule has 0 aliphatic heterocycles. The lowest BCUT2D eigenvalue weighted by molar-refractivity contribution is 0.0671. The summed E-state index contributed by atoms with van der Waals surface area (Å²) in [4.78, 5) is 22.8. The summed E-state index contributed by atoms with van der Waals surface area (Å²) in [6.45, 7) is 3.91. The zero-order valence-electron chi connectivity index (χ0n) is 10.3. The van der Waals surface area contributed by atoms with E-state index in [2.05, 4.69) is 0 Å². The van der Waals surface area contributed by atoms with Crippen LogP contribution in [0.25, 0.3) is 0 Å². The van der Waals surface area contributed by atoms with Crippen molar-refractivity contribution in [3.8, 4) is 0 Å². The Balaban J connectivity index is 2.37. The fraction of sp³-hybridized carbons (Fsp3) is 0.429. The third-order valence-electron chi connectivity index (χ3n) is 4.23. The minimum Gasteiger partial charge on any atom is -0.478 e. The summed E-state index contributed by atoms with van der Waals surface area (Å²) >= 11 is 0. The maximum absolute atomic E-state index is 11.4. The second-order valence-corrected chi connectivity index (χ2v) is 5.36. The van der Waals surface area contributed by atoms with Gasteiger partial charge in [0.1, 0.15) is 0 Å². The van der Waals surface area contributed by atoms with Crippen LogP contribution in [0.15, 0.2) is 0 Å². The van der Waals surface area contributed by atoms with Gasteiger partial charge in [0.25, 0.3) is 0 Å². The number of rotatable bonds is 2. The van der Waals surface area contributed by atoms with Crippen molar-refractivity contribution in [3.63, 3.8) is 0 Å². The molecular formula is C14H14O4. The molecule has 94 valence electrons. The predicted octanol–water partition coefficient (Wildman–Crippen LogP) is 2.40. The number of hydrogen-bond acceptors (Lipinski definition) is 2. The molecule has 3 rings (SSSR count). The summed E-state index contributed by atoms with van der Waals surface area (Å²) in [7, 11) is 0. The molecule has 1 aromatic rings. The third kappa shape index (κ3) is 1.15. The minimum atomic E-state index is -0.919. The number of aromatic carboxylic acids is 2. The van der Waals surface area contributed by atoms with E-state index >= 15 is 0 Å². The first-order chi connectivity index (χ1) is 8.43. The molecule has 0 amide bonds. The Morgan fingerprint density at radius 3 is 1.44 bits per heavy atom. The molecule has 2 N–H and O–H groups in total. The predicted molar refractivity (Wildman–Crippen MR) is 64.6 cm³/mol. The van der Waals surface area contributed by atoms with Crippen molar-refractivity contribution in [3.05, 3.63) is 33.4 Å². The van der Waals surface area contributed by atoms with E-state index in [1.54, 1.807) is 0 Å². The molecule has 1 aromatic carbocycles. The highest BCUT2D eigenvalue weighted by atomic mass is 16.4. The molecule has 2 atom stereocenters. The van der Waals surface area contributed by atoms with Gasteiger partial charge in [0, 0.05) is 0 Å². The molecule has 0 saturated carbocycles. The van der Waals surface area contributed by atoms with Crippen LogP contribution in [-0.2, 0) is 12.8 Å². The second-order valence-electron chi connectivity index (χ2n) is 5.36. The van der Waals surface area contributed by atoms with Crippen molar-refractivity contribution in [1.82, 2.24) is 0 Å². The number of carboxylic acids is 2. The smallest absolute Gasteiger partial charge is 0.336 e. The van der Waals surface area contributed by atoms with E-state index in [-0.39, 0.29) is 11.8 Å². The standard InChI is InChI=1S/C14H14O4/c1-5-3-7-9(5)11(13(15)16)8-4-6(2)10(8)12(7)14(17)18/h5-6H,3-4H2,1-2H3,(H,15,16)(H,17,18). The van der Waals surface area contributed by atoms with Crippen LogP contribution in [0.5, 0.6) is 0 Å². The molecule has 0 heterocycles. The average Bonchev–Trinajstić information content (AvgIpc) is 2.26. The van der Waals surface area contributed by atoms with Gasteiger partial charge in [-0.05, 0) is 46.9 Å². The number of carboxylic acid groups (broad SMARTS) is 2. The van der Waals surface area contributed by atoms with Crippen LogP contribution in [-0.4, -0.2) is 22.2 Å². The highest BCUT2D eigenvalue weighted by molar-refractivity contribution is 6.00. The van der Waals surface area contributed by atoms with Crippen LogP contribution in [0.2, 0.25) is 0 Å². The summed E-state index contributed by atoms with van der Waals surface area (Å²) in [6, 6.07) is 0. The van der Waals surface area contributed by atoms with Crippen LogP contribution in [0, 0.1) is 0 Å². The summed E-state index contributed by atoms with van der Waals surface area (Å²) in [6.07, 6.45) is 1.36. The van der Waals surface area contributed by atoms with E-state index in [1.165, 1.54) is 0 Å². The first-order valence-electron chi connectivity index (χ1n) is 6.11. The molecule has 0 saturated heterocycles. The van der Waals surface area contributed by atoms with Crippen LogP contribution < -0.4 is 0 Å². The Kier molecular flexibility index (Phi) is 2.09. The largest absolute Gasteiger partial charge is 0.478 e. The zero-order chi connectivity index (χ0) is 13.2. The van der Waals surface area contributed by atoms with E-state index in [0.29, 0.717) is 24.0 Å². The quantitative estimate of drug-likeness (QED) is 0.840. The number of hydrogen-bond donors (Lipinski definition) is 2. The van der Waals surface area contributed by atoms with Gasteiger partial charge in [-0.2, -0.15) is 0 Å². The third-order valence-corrected chi connectivity index (χ3v) is 4.23. The van der Waals surface area contributed by atoms with Crippen molar-refractivity contribution in [2.24, 2.45) is 0 Å². The van der Waals surface area contributed by atoms with Crippen LogP contribution in [0.3, 0.4) is 0 Å². The summed E-state index contributed by atoms with van der Waals surface area (Å²) in [5, 5.41) is 18.7. The Morgan fingerprint density at radius 2 is 1.22 bits per heavy atom. The second kappa shape index (κ2) is 3.34. The van der Waals surface area contributed by atoms with E-state index in [4.69, 9.17) is 0 Å². The maximum Gasteiger partial charge on any atom is 0.336 e. The van der Waals surface area contributed by atoms with E-state index < -0.39 is 11.9 Å². The molecule has 0 fully saturated rings. The number of fused-ring (bicyclic) bond motifs is 2. The molecule has 4 heteroatoms. The van der Waals surface area contributed by atoms with Gasteiger partial charge in [-0.25, -0.2) is 9.59 Å². The Bertz CT molecular complexity index is 547. The molecule has 0 bridgehead atoms. The highest BCUT2D eigenvalue weighted by Gasteiger charge is 2.42. The van der Waals surface area contributed by atoms with Crippen molar-refractivity contribution < 1.29 is 19.8 Å². The van der Waals surface area contributed by atoms with Crippen LogP contribution in [0.1, 0.15) is 68.7 Å². The molecule has 0 radical (unpaired) electrons. The van der Waals surface area contributed by atoms with Gasteiger partial charge in [-0.3, -0.25) is 0 Å². The van der Waals surface area contributed by atoms with Gasteiger partial charge in [0.05, 0.1) is 11.1 Å². The summed E-state index contributed by atoms with van der Waals surface area (Å²) < 4.78 is 0. The Morgan fingerprint density at radius 1 is 0.889 bits per heavy atom. The maximum atomic E-state index is 11.4. The van der Waals surface area contributed by atoms with Crippen molar-refractivity contribution in [1.29, 1.82) is 0 Å².